The molecule has 0 saturated heterocycles. The molecule has 0 aliphatic carbocycles. The van der Waals surface area contributed by atoms with Gasteiger partial charge in [0.25, 0.3) is 5.91 Å². The second kappa shape index (κ2) is 9.71. The molecule has 4 aromatic rings. The number of nitrogens with one attached hydrogen (secondary N) is 2. The summed E-state index contributed by atoms with van der Waals surface area (Å²) in [5.74, 6) is 0.668. The van der Waals surface area contributed by atoms with Gasteiger partial charge in [-0.1, -0.05) is 70.2 Å². The van der Waals surface area contributed by atoms with Crippen LogP contribution in [0.2, 0.25) is 0 Å². The Labute approximate surface area is 191 Å². The molecule has 0 radical (unpaired) electrons. The Morgan fingerprint density at radius 1 is 1.16 bits per heavy atom. The number of hydrogen-bond acceptors (Lipinski definition) is 6. The highest BCUT2D eigenvalue weighted by atomic mass is 79.9. The minimum Gasteiger partial charge on any atom is -0.305 e. The Balaban J connectivity index is 1.34. The van der Waals surface area contributed by atoms with Crippen molar-refractivity contribution in [3.05, 3.63) is 70.8 Å². The second-order valence-electron chi connectivity index (χ2n) is 6.52. The number of aromatic nitrogens is 5. The Hall–Kier alpha value is -3.24. The van der Waals surface area contributed by atoms with Gasteiger partial charge < -0.3 is 4.57 Å². The molecule has 156 valence electrons. The van der Waals surface area contributed by atoms with E-state index in [4.69, 9.17) is 0 Å². The molecule has 2 aromatic heterocycles. The first-order valence-electron chi connectivity index (χ1n) is 9.30. The molecule has 0 aliphatic rings. The molecule has 10 heteroatoms. The standard InChI is InChI=1S/C21H18BrN7OS/c1-29-20(15-7-9-17(22)10-8-15)27-28-21(29)31-13-18(30)25-23-11-16-12-24-26-19(16)14-5-3-2-4-6-14/h2-12H,13H2,1H3,(H,24,26)(H,25,30). The Morgan fingerprint density at radius 3 is 2.71 bits per heavy atom. The molecule has 0 saturated carbocycles. The van der Waals surface area contributed by atoms with Crippen LogP contribution in [0.25, 0.3) is 22.6 Å². The van der Waals surface area contributed by atoms with Gasteiger partial charge in [-0.3, -0.25) is 9.89 Å². The van der Waals surface area contributed by atoms with Gasteiger partial charge in [-0.25, -0.2) is 5.43 Å². The van der Waals surface area contributed by atoms with Gasteiger partial charge in [-0.15, -0.1) is 10.2 Å². The molecular formula is C21H18BrN7OS. The summed E-state index contributed by atoms with van der Waals surface area (Å²) in [5.41, 5.74) is 6.11. The average Bonchev–Trinajstić information content (AvgIpc) is 3.40. The molecule has 2 aromatic carbocycles. The predicted octanol–water partition coefficient (Wildman–Crippen LogP) is 3.88. The first-order valence-corrected chi connectivity index (χ1v) is 11.1. The van der Waals surface area contributed by atoms with E-state index in [1.807, 2.05) is 66.2 Å². The van der Waals surface area contributed by atoms with E-state index in [2.05, 4.69) is 46.9 Å². The van der Waals surface area contributed by atoms with Crippen molar-refractivity contribution in [3.63, 3.8) is 0 Å². The summed E-state index contributed by atoms with van der Waals surface area (Å²) in [5, 5.41) is 20.1. The third-order valence-electron chi connectivity index (χ3n) is 4.39. The van der Waals surface area contributed by atoms with Gasteiger partial charge in [0.1, 0.15) is 0 Å². The third-order valence-corrected chi connectivity index (χ3v) is 5.94. The maximum absolute atomic E-state index is 12.2. The zero-order valence-corrected chi connectivity index (χ0v) is 18.9. The average molecular weight is 496 g/mol. The second-order valence-corrected chi connectivity index (χ2v) is 8.38. The van der Waals surface area contributed by atoms with Gasteiger partial charge in [-0.2, -0.15) is 10.2 Å². The Kier molecular flexibility index (Phi) is 6.58. The van der Waals surface area contributed by atoms with Crippen molar-refractivity contribution in [1.82, 2.24) is 30.4 Å². The number of aromatic amines is 1. The van der Waals surface area contributed by atoms with Crippen LogP contribution in [0.4, 0.5) is 0 Å². The van der Waals surface area contributed by atoms with Crippen molar-refractivity contribution >= 4 is 39.8 Å². The monoisotopic (exact) mass is 495 g/mol. The predicted molar refractivity (Wildman–Crippen MR) is 125 cm³/mol. The maximum Gasteiger partial charge on any atom is 0.250 e. The molecule has 2 heterocycles. The van der Waals surface area contributed by atoms with E-state index < -0.39 is 0 Å². The highest BCUT2D eigenvalue weighted by Gasteiger charge is 2.13. The quantitative estimate of drug-likeness (QED) is 0.230. The van der Waals surface area contributed by atoms with Crippen molar-refractivity contribution in [2.24, 2.45) is 12.1 Å². The molecule has 0 atom stereocenters. The molecule has 31 heavy (non-hydrogen) atoms. The lowest BCUT2D eigenvalue weighted by Gasteiger charge is -2.04. The summed E-state index contributed by atoms with van der Waals surface area (Å²) in [6.07, 6.45) is 3.23. The van der Waals surface area contributed by atoms with Gasteiger partial charge in [0.2, 0.25) is 0 Å². The van der Waals surface area contributed by atoms with Crippen LogP contribution in [-0.2, 0) is 11.8 Å². The SMILES string of the molecule is Cn1c(SCC(=O)NN=Cc2cn[nH]c2-c2ccccc2)nnc1-c1ccc(Br)cc1. The summed E-state index contributed by atoms with van der Waals surface area (Å²) < 4.78 is 2.86. The van der Waals surface area contributed by atoms with Crippen molar-refractivity contribution in [2.45, 2.75) is 5.16 Å². The molecule has 2 N–H and O–H groups in total. The Bertz CT molecular complexity index is 1200. The molecule has 0 fully saturated rings. The van der Waals surface area contributed by atoms with E-state index in [0.29, 0.717) is 5.16 Å². The van der Waals surface area contributed by atoms with Crippen LogP contribution in [-0.4, -0.2) is 42.8 Å². The molecule has 8 nitrogen and oxygen atoms in total. The van der Waals surface area contributed by atoms with Gasteiger partial charge in [0, 0.05) is 28.2 Å². The zero-order chi connectivity index (χ0) is 21.6. The minimum absolute atomic E-state index is 0.167. The van der Waals surface area contributed by atoms with Crippen molar-refractivity contribution in [2.75, 3.05) is 5.75 Å². The first kappa shape index (κ1) is 21.0. The van der Waals surface area contributed by atoms with Crippen molar-refractivity contribution in [3.8, 4) is 22.6 Å². The number of carbonyl (C=O) groups excluding carboxylic acids is 1. The fraction of sp³-hybridized carbons (Fsp3) is 0.0952. The number of hydrazone groups is 1. The molecule has 4 rings (SSSR count). The summed E-state index contributed by atoms with van der Waals surface area (Å²) in [6.45, 7) is 0. The van der Waals surface area contributed by atoms with E-state index in [0.717, 1.165) is 32.7 Å². The maximum atomic E-state index is 12.2. The number of halogens is 1. The molecule has 0 bridgehead atoms. The molecular weight excluding hydrogens is 478 g/mol. The number of H-pyrrole nitrogens is 1. The van der Waals surface area contributed by atoms with E-state index in [1.54, 1.807) is 12.4 Å². The molecule has 0 unspecified atom stereocenters. The zero-order valence-electron chi connectivity index (χ0n) is 16.5. The van der Waals surface area contributed by atoms with Crippen LogP contribution in [0.15, 0.2) is 75.5 Å². The number of benzene rings is 2. The van der Waals surface area contributed by atoms with Crippen LogP contribution < -0.4 is 5.43 Å². The molecule has 1 amide bonds. The lowest BCUT2D eigenvalue weighted by atomic mass is 10.1. The van der Waals surface area contributed by atoms with Gasteiger partial charge in [0.05, 0.1) is 23.9 Å². The van der Waals surface area contributed by atoms with E-state index in [1.165, 1.54) is 11.8 Å². The smallest absolute Gasteiger partial charge is 0.250 e. The van der Waals surface area contributed by atoms with Gasteiger partial charge in [-0.05, 0) is 12.1 Å². The number of rotatable bonds is 7. The largest absolute Gasteiger partial charge is 0.305 e. The third kappa shape index (κ3) is 5.09. The van der Waals surface area contributed by atoms with Gasteiger partial charge in [0.15, 0.2) is 11.0 Å². The highest BCUT2D eigenvalue weighted by Crippen LogP contribution is 2.24. The van der Waals surface area contributed by atoms with Crippen LogP contribution in [0.1, 0.15) is 5.56 Å². The summed E-state index contributed by atoms with van der Waals surface area (Å²) in [4.78, 5) is 12.2. The number of hydrogen-bond donors (Lipinski definition) is 2. The number of nitrogens with zero attached hydrogens (tertiary/aromatic N) is 5. The fourth-order valence-corrected chi connectivity index (χ4v) is 3.82. The summed E-state index contributed by atoms with van der Waals surface area (Å²) in [7, 11) is 1.87. The van der Waals surface area contributed by atoms with Crippen LogP contribution in [0.5, 0.6) is 0 Å². The number of thioether (sulfide) groups is 1. The van der Waals surface area contributed by atoms with Crippen LogP contribution in [0, 0.1) is 0 Å². The summed E-state index contributed by atoms with van der Waals surface area (Å²) in [6, 6.07) is 17.6. The lowest BCUT2D eigenvalue weighted by Crippen LogP contribution is -2.19. The highest BCUT2D eigenvalue weighted by molar-refractivity contribution is 9.10. The lowest BCUT2D eigenvalue weighted by molar-refractivity contribution is -0.118. The van der Waals surface area contributed by atoms with Crippen LogP contribution >= 0.6 is 27.7 Å². The first-order chi connectivity index (χ1) is 15.1. The topological polar surface area (TPSA) is 101 Å². The number of carbonyl (C=O) groups is 1. The fourth-order valence-electron chi connectivity index (χ4n) is 2.86. The van der Waals surface area contributed by atoms with Crippen molar-refractivity contribution in [1.29, 1.82) is 0 Å². The number of amides is 1. The normalized spacial score (nSPS) is 11.2. The van der Waals surface area contributed by atoms with E-state index in [-0.39, 0.29) is 11.7 Å². The van der Waals surface area contributed by atoms with Crippen molar-refractivity contribution < 1.29 is 4.79 Å². The Morgan fingerprint density at radius 2 is 1.94 bits per heavy atom. The van der Waals surface area contributed by atoms with E-state index in [9.17, 15) is 4.79 Å². The van der Waals surface area contributed by atoms with Gasteiger partial charge >= 0.3 is 0 Å². The van der Waals surface area contributed by atoms with Crippen LogP contribution in [0.3, 0.4) is 0 Å². The van der Waals surface area contributed by atoms with E-state index >= 15 is 0 Å². The molecule has 0 spiro atoms. The minimum atomic E-state index is -0.237. The summed E-state index contributed by atoms with van der Waals surface area (Å²) >= 11 is 4.72. The molecule has 0 aliphatic heterocycles.